The predicted octanol–water partition coefficient (Wildman–Crippen LogP) is 1.79. The van der Waals surface area contributed by atoms with E-state index in [0.29, 0.717) is 5.88 Å². The molecule has 0 bridgehead atoms. The van der Waals surface area contributed by atoms with Crippen LogP contribution in [0.25, 0.3) is 11.3 Å². The molecule has 0 saturated heterocycles. The molecule has 0 aliphatic rings. The topological polar surface area (TPSA) is 50.8 Å². The Kier molecular flexibility index (Phi) is 2.18. The van der Waals surface area contributed by atoms with Crippen molar-refractivity contribution in [2.75, 3.05) is 7.11 Å². The summed E-state index contributed by atoms with van der Waals surface area (Å²) in [7, 11) is 1.60. The zero-order valence-corrected chi connectivity index (χ0v) is 8.11. The van der Waals surface area contributed by atoms with Crippen LogP contribution in [0.4, 0.5) is 0 Å². The first-order valence-electron chi connectivity index (χ1n) is 4.31. The van der Waals surface area contributed by atoms with E-state index in [-0.39, 0.29) is 0 Å². The van der Waals surface area contributed by atoms with Crippen LogP contribution < -0.4 is 4.74 Å². The highest BCUT2D eigenvalue weighted by atomic mass is 16.5. The lowest BCUT2D eigenvalue weighted by Crippen LogP contribution is -1.87. The molecule has 0 saturated carbocycles. The SMILES string of the molecule is COc1ccc(-c2cnc(C)[nH]2)cn1. The van der Waals surface area contributed by atoms with Crippen molar-refractivity contribution in [2.45, 2.75) is 6.92 Å². The van der Waals surface area contributed by atoms with E-state index in [1.54, 1.807) is 19.5 Å². The minimum atomic E-state index is 0.616. The number of aromatic nitrogens is 3. The first-order chi connectivity index (χ1) is 6.79. The second-order valence-electron chi connectivity index (χ2n) is 2.97. The summed E-state index contributed by atoms with van der Waals surface area (Å²) in [5.74, 6) is 1.51. The number of pyridine rings is 1. The van der Waals surface area contributed by atoms with Crippen LogP contribution >= 0.6 is 0 Å². The number of aryl methyl sites for hydroxylation is 1. The maximum Gasteiger partial charge on any atom is 0.212 e. The van der Waals surface area contributed by atoms with Gasteiger partial charge in [0.15, 0.2) is 0 Å². The molecule has 0 aromatic carbocycles. The standard InChI is InChI=1S/C10H11N3O/c1-7-11-6-9(13-7)8-3-4-10(14-2)12-5-8/h3-6H,1-2H3,(H,11,13). The minimum absolute atomic E-state index is 0.616. The third-order valence-electron chi connectivity index (χ3n) is 1.96. The summed E-state index contributed by atoms with van der Waals surface area (Å²) in [6.07, 6.45) is 3.55. The molecule has 0 spiro atoms. The number of imidazole rings is 1. The molecule has 2 heterocycles. The number of rotatable bonds is 2. The summed E-state index contributed by atoms with van der Waals surface area (Å²) >= 11 is 0. The van der Waals surface area contributed by atoms with Crippen molar-refractivity contribution in [1.29, 1.82) is 0 Å². The lowest BCUT2D eigenvalue weighted by Gasteiger charge is -1.99. The Morgan fingerprint density at radius 2 is 2.07 bits per heavy atom. The molecule has 2 aromatic rings. The van der Waals surface area contributed by atoms with Gasteiger partial charge in [0.25, 0.3) is 0 Å². The van der Waals surface area contributed by atoms with E-state index in [1.165, 1.54) is 0 Å². The number of hydrogen-bond acceptors (Lipinski definition) is 3. The Bertz CT molecular complexity index is 419. The summed E-state index contributed by atoms with van der Waals surface area (Å²) in [5, 5.41) is 0. The average molecular weight is 189 g/mol. The summed E-state index contributed by atoms with van der Waals surface area (Å²) in [6, 6.07) is 3.77. The maximum absolute atomic E-state index is 4.97. The monoisotopic (exact) mass is 189 g/mol. The van der Waals surface area contributed by atoms with Crippen molar-refractivity contribution in [2.24, 2.45) is 0 Å². The zero-order valence-electron chi connectivity index (χ0n) is 8.11. The van der Waals surface area contributed by atoms with E-state index < -0.39 is 0 Å². The second-order valence-corrected chi connectivity index (χ2v) is 2.97. The zero-order chi connectivity index (χ0) is 9.97. The molecular formula is C10H11N3O. The molecule has 0 amide bonds. The molecule has 0 radical (unpaired) electrons. The Morgan fingerprint density at radius 1 is 1.21 bits per heavy atom. The van der Waals surface area contributed by atoms with Crippen LogP contribution in [0.3, 0.4) is 0 Å². The van der Waals surface area contributed by atoms with Gasteiger partial charge in [0.1, 0.15) is 5.82 Å². The fourth-order valence-corrected chi connectivity index (χ4v) is 1.23. The van der Waals surface area contributed by atoms with E-state index in [0.717, 1.165) is 17.1 Å². The van der Waals surface area contributed by atoms with Crippen molar-refractivity contribution < 1.29 is 4.74 Å². The van der Waals surface area contributed by atoms with Gasteiger partial charge < -0.3 is 9.72 Å². The number of nitrogens with one attached hydrogen (secondary N) is 1. The van der Waals surface area contributed by atoms with Gasteiger partial charge in [0, 0.05) is 17.8 Å². The van der Waals surface area contributed by atoms with Crippen molar-refractivity contribution in [3.63, 3.8) is 0 Å². The smallest absolute Gasteiger partial charge is 0.212 e. The van der Waals surface area contributed by atoms with Crippen LogP contribution in [-0.4, -0.2) is 22.1 Å². The van der Waals surface area contributed by atoms with Crippen molar-refractivity contribution in [3.8, 4) is 17.1 Å². The van der Waals surface area contributed by atoms with Crippen LogP contribution in [0, 0.1) is 6.92 Å². The Balaban J connectivity index is 2.33. The van der Waals surface area contributed by atoms with Crippen LogP contribution in [0.15, 0.2) is 24.5 Å². The third kappa shape index (κ3) is 1.59. The second kappa shape index (κ2) is 3.49. The highest BCUT2D eigenvalue weighted by Gasteiger charge is 2.01. The molecule has 0 unspecified atom stereocenters. The number of H-pyrrole nitrogens is 1. The van der Waals surface area contributed by atoms with Gasteiger partial charge in [-0.15, -0.1) is 0 Å². The Labute approximate surface area is 82.0 Å². The van der Waals surface area contributed by atoms with Crippen LogP contribution in [0.2, 0.25) is 0 Å². The fourth-order valence-electron chi connectivity index (χ4n) is 1.23. The average Bonchev–Trinajstić information content (AvgIpc) is 2.65. The largest absolute Gasteiger partial charge is 0.481 e. The van der Waals surface area contributed by atoms with Crippen molar-refractivity contribution in [3.05, 3.63) is 30.4 Å². The van der Waals surface area contributed by atoms with Gasteiger partial charge in [0.2, 0.25) is 5.88 Å². The molecular weight excluding hydrogens is 178 g/mol. The van der Waals surface area contributed by atoms with Gasteiger partial charge in [-0.25, -0.2) is 9.97 Å². The van der Waals surface area contributed by atoms with Gasteiger partial charge in [0.05, 0.1) is 19.0 Å². The maximum atomic E-state index is 4.97. The number of methoxy groups -OCH3 is 1. The van der Waals surface area contributed by atoms with Crippen molar-refractivity contribution >= 4 is 0 Å². The molecule has 4 nitrogen and oxygen atoms in total. The highest BCUT2D eigenvalue weighted by molar-refractivity contribution is 5.57. The normalized spacial score (nSPS) is 10.1. The van der Waals surface area contributed by atoms with Crippen molar-refractivity contribution in [1.82, 2.24) is 15.0 Å². The highest BCUT2D eigenvalue weighted by Crippen LogP contribution is 2.17. The molecule has 1 N–H and O–H groups in total. The van der Waals surface area contributed by atoms with Gasteiger partial charge in [-0.1, -0.05) is 0 Å². The first kappa shape index (κ1) is 8.74. The molecule has 14 heavy (non-hydrogen) atoms. The van der Waals surface area contributed by atoms with Gasteiger partial charge >= 0.3 is 0 Å². The quantitative estimate of drug-likeness (QED) is 0.783. The molecule has 0 aliphatic heterocycles. The molecule has 2 rings (SSSR count). The number of aromatic amines is 1. The summed E-state index contributed by atoms with van der Waals surface area (Å²) in [6.45, 7) is 1.92. The van der Waals surface area contributed by atoms with E-state index in [2.05, 4.69) is 15.0 Å². The summed E-state index contributed by atoms with van der Waals surface area (Å²) in [5.41, 5.74) is 1.98. The lowest BCUT2D eigenvalue weighted by atomic mass is 10.2. The van der Waals surface area contributed by atoms with E-state index >= 15 is 0 Å². The molecule has 0 fully saturated rings. The van der Waals surface area contributed by atoms with E-state index in [1.807, 2.05) is 19.1 Å². The molecule has 0 aliphatic carbocycles. The van der Waals surface area contributed by atoms with Gasteiger partial charge in [-0.05, 0) is 13.0 Å². The molecule has 2 aromatic heterocycles. The Morgan fingerprint density at radius 3 is 2.57 bits per heavy atom. The fraction of sp³-hybridized carbons (Fsp3) is 0.200. The molecule has 0 atom stereocenters. The summed E-state index contributed by atoms with van der Waals surface area (Å²) < 4.78 is 4.97. The Hall–Kier alpha value is -1.84. The van der Waals surface area contributed by atoms with E-state index in [4.69, 9.17) is 4.74 Å². The third-order valence-corrected chi connectivity index (χ3v) is 1.96. The minimum Gasteiger partial charge on any atom is -0.481 e. The van der Waals surface area contributed by atoms with Gasteiger partial charge in [-0.3, -0.25) is 0 Å². The molecule has 4 heteroatoms. The van der Waals surface area contributed by atoms with Crippen LogP contribution in [-0.2, 0) is 0 Å². The summed E-state index contributed by atoms with van der Waals surface area (Å²) in [4.78, 5) is 11.4. The van der Waals surface area contributed by atoms with Crippen LogP contribution in [0.1, 0.15) is 5.82 Å². The van der Waals surface area contributed by atoms with E-state index in [9.17, 15) is 0 Å². The van der Waals surface area contributed by atoms with Gasteiger partial charge in [-0.2, -0.15) is 0 Å². The first-order valence-corrected chi connectivity index (χ1v) is 4.31. The lowest BCUT2D eigenvalue weighted by molar-refractivity contribution is 0.398. The molecule has 72 valence electrons. The number of nitrogens with zero attached hydrogens (tertiary/aromatic N) is 2. The number of hydrogen-bond donors (Lipinski definition) is 1. The number of ether oxygens (including phenoxy) is 1. The van der Waals surface area contributed by atoms with Crippen LogP contribution in [0.5, 0.6) is 5.88 Å². The predicted molar refractivity (Wildman–Crippen MR) is 53.1 cm³/mol.